The van der Waals surface area contributed by atoms with E-state index in [2.05, 4.69) is 41.5 Å². The standard InChI is InChI=1S/C17H26O2S2/c1-16(2,3)12-8-11(15(19)21-10-20-7)9-13(14(12)18)17(4,5)6/h8-9,18H,10H2,1-7H3. The molecule has 0 unspecified atom stereocenters. The molecule has 0 amide bonds. The van der Waals surface area contributed by atoms with Crippen molar-refractivity contribution in [3.05, 3.63) is 28.8 Å². The predicted octanol–water partition coefficient (Wildman–Crippen LogP) is 5.18. The zero-order chi connectivity index (χ0) is 16.4. The molecule has 0 atom stereocenters. The van der Waals surface area contributed by atoms with Gasteiger partial charge < -0.3 is 5.11 Å². The molecule has 0 heterocycles. The second-order valence-corrected chi connectivity index (χ2v) is 9.44. The number of phenols is 1. The van der Waals surface area contributed by atoms with Crippen LogP contribution in [0.25, 0.3) is 0 Å². The molecular formula is C17H26O2S2. The molecule has 2 nitrogen and oxygen atoms in total. The number of hydrogen-bond acceptors (Lipinski definition) is 4. The molecule has 0 saturated heterocycles. The minimum Gasteiger partial charge on any atom is -0.507 e. The van der Waals surface area contributed by atoms with Gasteiger partial charge in [-0.05, 0) is 29.2 Å². The Hall–Kier alpha value is -0.610. The van der Waals surface area contributed by atoms with Gasteiger partial charge in [0, 0.05) is 21.8 Å². The van der Waals surface area contributed by atoms with E-state index in [1.54, 1.807) is 11.8 Å². The van der Waals surface area contributed by atoms with Crippen molar-refractivity contribution >= 4 is 28.6 Å². The Kier molecular flexibility index (Phi) is 5.84. The quantitative estimate of drug-likeness (QED) is 0.776. The molecule has 1 rings (SSSR count). The third-order valence-corrected chi connectivity index (χ3v) is 5.18. The van der Waals surface area contributed by atoms with E-state index in [9.17, 15) is 9.90 Å². The maximum absolute atomic E-state index is 12.3. The highest BCUT2D eigenvalue weighted by Gasteiger charge is 2.27. The van der Waals surface area contributed by atoms with E-state index in [-0.39, 0.29) is 15.9 Å². The lowest BCUT2D eigenvalue weighted by atomic mass is 9.78. The highest BCUT2D eigenvalue weighted by atomic mass is 32.2. The predicted molar refractivity (Wildman–Crippen MR) is 95.8 cm³/mol. The summed E-state index contributed by atoms with van der Waals surface area (Å²) in [5, 5.41) is 11.4. The van der Waals surface area contributed by atoms with Gasteiger partial charge in [0.2, 0.25) is 5.12 Å². The van der Waals surface area contributed by atoms with Crippen LogP contribution in [0, 0.1) is 0 Å². The van der Waals surface area contributed by atoms with Gasteiger partial charge in [0.1, 0.15) is 5.75 Å². The van der Waals surface area contributed by atoms with Crippen LogP contribution >= 0.6 is 23.5 Å². The Balaban J connectivity index is 3.44. The summed E-state index contributed by atoms with van der Waals surface area (Å²) in [6, 6.07) is 3.69. The monoisotopic (exact) mass is 326 g/mol. The largest absolute Gasteiger partial charge is 0.507 e. The van der Waals surface area contributed by atoms with Crippen LogP contribution in [0.3, 0.4) is 0 Å². The lowest BCUT2D eigenvalue weighted by Crippen LogP contribution is -2.18. The summed E-state index contributed by atoms with van der Waals surface area (Å²) in [5.74, 6) is 0.321. The SMILES string of the molecule is CSCSC(=O)c1cc(C(C)(C)C)c(O)c(C(C)(C)C)c1. The topological polar surface area (TPSA) is 37.3 Å². The van der Waals surface area contributed by atoms with Gasteiger partial charge in [-0.2, -0.15) is 11.8 Å². The van der Waals surface area contributed by atoms with Crippen LogP contribution in [0.4, 0.5) is 0 Å². The Bertz CT molecular complexity index is 488. The maximum Gasteiger partial charge on any atom is 0.220 e. The van der Waals surface area contributed by atoms with Crippen LogP contribution in [0.2, 0.25) is 0 Å². The molecule has 0 aliphatic heterocycles. The first-order valence-electron chi connectivity index (χ1n) is 7.02. The number of phenolic OH excluding ortho intramolecular Hbond substituents is 1. The molecule has 4 heteroatoms. The van der Waals surface area contributed by atoms with Crippen molar-refractivity contribution in [1.82, 2.24) is 0 Å². The van der Waals surface area contributed by atoms with Crippen LogP contribution in [-0.4, -0.2) is 21.6 Å². The van der Waals surface area contributed by atoms with Gasteiger partial charge in [0.05, 0.1) is 0 Å². The Labute approximate surface area is 137 Å². The first kappa shape index (κ1) is 18.4. The molecule has 0 aliphatic rings. The van der Waals surface area contributed by atoms with Crippen molar-refractivity contribution in [2.75, 3.05) is 11.3 Å². The van der Waals surface area contributed by atoms with E-state index < -0.39 is 0 Å². The third-order valence-electron chi connectivity index (χ3n) is 3.27. The number of carbonyl (C=O) groups excluding carboxylic acids is 1. The fourth-order valence-corrected chi connectivity index (χ4v) is 3.28. The van der Waals surface area contributed by atoms with Gasteiger partial charge in [-0.3, -0.25) is 4.79 Å². The van der Waals surface area contributed by atoms with E-state index >= 15 is 0 Å². The number of carbonyl (C=O) groups is 1. The normalized spacial score (nSPS) is 12.5. The molecule has 1 aromatic carbocycles. The van der Waals surface area contributed by atoms with E-state index in [0.29, 0.717) is 11.3 Å². The third kappa shape index (κ3) is 4.68. The number of aromatic hydroxyl groups is 1. The van der Waals surface area contributed by atoms with Crippen molar-refractivity contribution in [3.8, 4) is 5.75 Å². The Morgan fingerprint density at radius 3 is 1.81 bits per heavy atom. The fraction of sp³-hybridized carbons (Fsp3) is 0.588. The molecule has 0 aliphatic carbocycles. The first-order chi connectivity index (χ1) is 9.48. The van der Waals surface area contributed by atoms with E-state index in [0.717, 1.165) is 16.2 Å². The molecule has 1 N–H and O–H groups in total. The average Bonchev–Trinajstić information content (AvgIpc) is 2.33. The molecule has 0 fully saturated rings. The summed E-state index contributed by atoms with van der Waals surface area (Å²) in [6.07, 6.45) is 1.98. The van der Waals surface area contributed by atoms with Gasteiger partial charge in [0.25, 0.3) is 0 Å². The van der Waals surface area contributed by atoms with Crippen LogP contribution in [0.15, 0.2) is 12.1 Å². The number of hydrogen-bond donors (Lipinski definition) is 1. The zero-order valence-corrected chi connectivity index (χ0v) is 15.7. The van der Waals surface area contributed by atoms with Crippen LogP contribution in [-0.2, 0) is 10.8 Å². The summed E-state index contributed by atoms with van der Waals surface area (Å²) in [6.45, 7) is 12.3. The smallest absolute Gasteiger partial charge is 0.220 e. The molecular weight excluding hydrogens is 300 g/mol. The van der Waals surface area contributed by atoms with E-state index in [1.165, 1.54) is 11.8 Å². The number of rotatable bonds is 3. The molecule has 0 bridgehead atoms. The van der Waals surface area contributed by atoms with Gasteiger partial charge in [-0.15, -0.1) is 0 Å². The number of thioether (sulfide) groups is 2. The molecule has 21 heavy (non-hydrogen) atoms. The zero-order valence-electron chi connectivity index (χ0n) is 14.0. The van der Waals surface area contributed by atoms with Crippen molar-refractivity contribution in [2.45, 2.75) is 52.4 Å². The summed E-state index contributed by atoms with van der Waals surface area (Å²) < 4.78 is 0. The van der Waals surface area contributed by atoms with Crippen molar-refractivity contribution in [2.24, 2.45) is 0 Å². The Morgan fingerprint density at radius 1 is 1.05 bits per heavy atom. The first-order valence-corrected chi connectivity index (χ1v) is 9.40. The summed E-state index contributed by atoms with van der Waals surface area (Å²) in [7, 11) is 0. The lowest BCUT2D eigenvalue weighted by Gasteiger charge is -2.28. The summed E-state index contributed by atoms with van der Waals surface area (Å²) >= 11 is 2.96. The average molecular weight is 327 g/mol. The van der Waals surface area contributed by atoms with Crippen molar-refractivity contribution in [3.63, 3.8) is 0 Å². The van der Waals surface area contributed by atoms with Crippen LogP contribution < -0.4 is 0 Å². The van der Waals surface area contributed by atoms with Gasteiger partial charge in [-0.25, -0.2) is 0 Å². The molecule has 0 spiro atoms. The summed E-state index contributed by atoms with van der Waals surface area (Å²) in [5.41, 5.74) is 1.95. The molecule has 0 aromatic heterocycles. The number of benzene rings is 1. The fourth-order valence-electron chi connectivity index (χ4n) is 2.09. The second kappa shape index (κ2) is 6.66. The van der Waals surface area contributed by atoms with Crippen molar-refractivity contribution < 1.29 is 9.90 Å². The van der Waals surface area contributed by atoms with Gasteiger partial charge >= 0.3 is 0 Å². The van der Waals surface area contributed by atoms with Crippen LogP contribution in [0.5, 0.6) is 5.75 Å². The molecule has 118 valence electrons. The maximum atomic E-state index is 12.3. The minimum absolute atomic E-state index is 0.0698. The summed E-state index contributed by atoms with van der Waals surface area (Å²) in [4.78, 5) is 12.3. The van der Waals surface area contributed by atoms with E-state index in [1.807, 2.05) is 18.4 Å². The molecule has 1 aromatic rings. The van der Waals surface area contributed by atoms with Gasteiger partial charge in [0.15, 0.2) is 0 Å². The van der Waals surface area contributed by atoms with Gasteiger partial charge in [-0.1, -0.05) is 53.3 Å². The van der Waals surface area contributed by atoms with E-state index in [4.69, 9.17) is 0 Å². The highest BCUT2D eigenvalue weighted by Crippen LogP contribution is 2.40. The van der Waals surface area contributed by atoms with Crippen molar-refractivity contribution in [1.29, 1.82) is 0 Å². The molecule has 0 radical (unpaired) electrons. The minimum atomic E-state index is -0.204. The Morgan fingerprint density at radius 2 is 1.48 bits per heavy atom. The lowest BCUT2D eigenvalue weighted by molar-refractivity contribution is 0.108. The molecule has 0 saturated carbocycles. The second-order valence-electron chi connectivity index (χ2n) is 7.26. The highest BCUT2D eigenvalue weighted by molar-refractivity contribution is 8.24. The van der Waals surface area contributed by atoms with Crippen LogP contribution in [0.1, 0.15) is 63.0 Å².